The summed E-state index contributed by atoms with van der Waals surface area (Å²) in [5.74, 6) is 0.958. The highest BCUT2D eigenvalue weighted by Gasteiger charge is 2.25. The molecular formula is C13H21N5O. The predicted molar refractivity (Wildman–Crippen MR) is 74.4 cm³/mol. The first-order valence-electron chi connectivity index (χ1n) is 6.53. The van der Waals surface area contributed by atoms with E-state index >= 15 is 0 Å². The number of hydrazine groups is 1. The molecule has 2 rings (SSSR count). The molecule has 0 aliphatic heterocycles. The lowest BCUT2D eigenvalue weighted by Crippen LogP contribution is -2.30. The van der Waals surface area contributed by atoms with Crippen molar-refractivity contribution in [3.05, 3.63) is 27.8 Å². The van der Waals surface area contributed by atoms with Gasteiger partial charge in [-0.3, -0.25) is 15.2 Å². The van der Waals surface area contributed by atoms with Gasteiger partial charge >= 0.3 is 0 Å². The molecule has 3 N–H and O–H groups in total. The molecule has 1 aliphatic rings. The van der Waals surface area contributed by atoms with Crippen LogP contribution in [-0.2, 0) is 0 Å². The van der Waals surface area contributed by atoms with E-state index in [2.05, 4.69) is 52.9 Å². The van der Waals surface area contributed by atoms with E-state index in [0.717, 1.165) is 12.1 Å². The number of aryl methyl sites for hydroxylation is 1. The number of rotatable bonds is 3. The minimum absolute atomic E-state index is 0.189. The molecule has 0 saturated carbocycles. The summed E-state index contributed by atoms with van der Waals surface area (Å²) < 4.78 is 0. The average molecular weight is 263 g/mol. The molecule has 1 aromatic heterocycles. The van der Waals surface area contributed by atoms with Gasteiger partial charge in [0.15, 0.2) is 0 Å². The van der Waals surface area contributed by atoms with Crippen LogP contribution in [0.3, 0.4) is 0 Å². The molecule has 1 atom stereocenters. The zero-order valence-corrected chi connectivity index (χ0v) is 11.9. The van der Waals surface area contributed by atoms with Gasteiger partial charge in [0.2, 0.25) is 5.95 Å². The highest BCUT2D eigenvalue weighted by atomic mass is 16.1. The second-order valence-electron chi connectivity index (χ2n) is 6.01. The summed E-state index contributed by atoms with van der Waals surface area (Å²) >= 11 is 0. The minimum Gasteiger partial charge on any atom is -0.303 e. The van der Waals surface area contributed by atoms with E-state index in [-0.39, 0.29) is 11.0 Å². The molecule has 6 heteroatoms. The topological polar surface area (TPSA) is 82.7 Å². The number of allylic oxidation sites excluding steroid dienone is 2. The van der Waals surface area contributed by atoms with Crippen LogP contribution in [-0.4, -0.2) is 15.2 Å². The smallest absolute Gasteiger partial charge is 0.274 e. The Morgan fingerprint density at radius 1 is 1.37 bits per heavy atom. The molecule has 1 aliphatic carbocycles. The first kappa shape index (κ1) is 13.6. The average Bonchev–Trinajstić information content (AvgIpc) is 2.28. The van der Waals surface area contributed by atoms with Crippen LogP contribution in [0.5, 0.6) is 0 Å². The van der Waals surface area contributed by atoms with Crippen LogP contribution >= 0.6 is 0 Å². The van der Waals surface area contributed by atoms with Gasteiger partial charge in [0.05, 0.1) is 0 Å². The number of aromatic amines is 1. The Hall–Kier alpha value is -1.85. The van der Waals surface area contributed by atoms with Crippen molar-refractivity contribution in [2.45, 2.75) is 40.5 Å². The van der Waals surface area contributed by atoms with Gasteiger partial charge < -0.3 is 5.43 Å². The molecule has 104 valence electrons. The monoisotopic (exact) mass is 263 g/mol. The van der Waals surface area contributed by atoms with Gasteiger partial charge in [0.25, 0.3) is 5.56 Å². The van der Waals surface area contributed by atoms with E-state index in [1.807, 2.05) is 0 Å². The van der Waals surface area contributed by atoms with Crippen molar-refractivity contribution in [1.82, 2.24) is 20.6 Å². The van der Waals surface area contributed by atoms with Crippen molar-refractivity contribution in [2.75, 3.05) is 5.43 Å². The van der Waals surface area contributed by atoms with Crippen LogP contribution in [0.2, 0.25) is 0 Å². The Morgan fingerprint density at radius 2 is 2.11 bits per heavy atom. The molecule has 19 heavy (non-hydrogen) atoms. The maximum absolute atomic E-state index is 11.4. The molecule has 1 aromatic rings. The van der Waals surface area contributed by atoms with Crippen molar-refractivity contribution in [3.63, 3.8) is 0 Å². The number of nitrogens with one attached hydrogen (secondary N) is 3. The third-order valence-electron chi connectivity index (χ3n) is 3.21. The summed E-state index contributed by atoms with van der Waals surface area (Å²) in [6, 6.07) is 0. The molecule has 6 nitrogen and oxygen atoms in total. The van der Waals surface area contributed by atoms with Crippen LogP contribution < -0.4 is 16.4 Å². The number of hydrogen-bond donors (Lipinski definition) is 3. The minimum atomic E-state index is -0.231. The van der Waals surface area contributed by atoms with E-state index in [0.29, 0.717) is 17.6 Å². The zero-order chi connectivity index (χ0) is 14.0. The van der Waals surface area contributed by atoms with E-state index in [9.17, 15) is 4.79 Å². The third-order valence-corrected chi connectivity index (χ3v) is 3.21. The lowest BCUT2D eigenvalue weighted by atomic mass is 9.76. The molecule has 0 amide bonds. The molecule has 0 saturated heterocycles. The van der Waals surface area contributed by atoms with Gasteiger partial charge in [0.1, 0.15) is 5.69 Å². The molecule has 0 fully saturated rings. The largest absolute Gasteiger partial charge is 0.303 e. The van der Waals surface area contributed by atoms with Crippen molar-refractivity contribution in [1.29, 1.82) is 0 Å². The third kappa shape index (κ3) is 3.56. The Kier molecular flexibility index (Phi) is 3.59. The maximum Gasteiger partial charge on any atom is 0.274 e. The first-order chi connectivity index (χ1) is 8.85. The van der Waals surface area contributed by atoms with E-state index in [1.165, 1.54) is 6.42 Å². The molecular weight excluding hydrogens is 242 g/mol. The summed E-state index contributed by atoms with van der Waals surface area (Å²) in [5, 5.41) is 7.64. The van der Waals surface area contributed by atoms with Gasteiger partial charge in [-0.2, -0.15) is 0 Å². The second kappa shape index (κ2) is 5.03. The fourth-order valence-electron chi connectivity index (χ4n) is 2.61. The van der Waals surface area contributed by atoms with Gasteiger partial charge in [-0.15, -0.1) is 10.2 Å². The van der Waals surface area contributed by atoms with Crippen LogP contribution in [0.1, 0.15) is 39.3 Å². The van der Waals surface area contributed by atoms with Gasteiger partial charge in [-0.05, 0) is 31.1 Å². The fourth-order valence-corrected chi connectivity index (χ4v) is 2.61. The Morgan fingerprint density at radius 3 is 2.74 bits per heavy atom. The zero-order valence-electron chi connectivity index (χ0n) is 11.9. The molecule has 0 radical (unpaired) electrons. The lowest BCUT2D eigenvalue weighted by molar-refractivity contribution is 0.316. The number of nitrogens with zero attached hydrogens (tertiary/aromatic N) is 2. The molecule has 0 bridgehead atoms. The quantitative estimate of drug-likeness (QED) is 0.723. The summed E-state index contributed by atoms with van der Waals surface area (Å²) in [6.07, 6.45) is 4.39. The summed E-state index contributed by atoms with van der Waals surface area (Å²) in [6.45, 7) is 8.30. The highest BCUT2D eigenvalue weighted by Crippen LogP contribution is 2.35. The Balaban J connectivity index is 2.04. The second-order valence-corrected chi connectivity index (χ2v) is 6.01. The molecule has 0 spiro atoms. The van der Waals surface area contributed by atoms with Crippen LogP contribution in [0.25, 0.3) is 0 Å². The number of H-pyrrole nitrogens is 1. The maximum atomic E-state index is 11.4. The SMILES string of the molecule is Cc1nnc(NNC2=CC(C)(C)C[C@H](C)C2)[nH]c1=O. The summed E-state index contributed by atoms with van der Waals surface area (Å²) in [5.41, 5.74) is 7.44. The summed E-state index contributed by atoms with van der Waals surface area (Å²) in [7, 11) is 0. The number of anilines is 1. The van der Waals surface area contributed by atoms with E-state index in [4.69, 9.17) is 0 Å². The highest BCUT2D eigenvalue weighted by molar-refractivity contribution is 5.23. The Labute approximate surface area is 112 Å². The van der Waals surface area contributed by atoms with Crippen LogP contribution in [0.4, 0.5) is 5.95 Å². The Bertz CT molecular complexity index is 546. The van der Waals surface area contributed by atoms with Crippen molar-refractivity contribution >= 4 is 5.95 Å². The molecule has 0 unspecified atom stereocenters. The van der Waals surface area contributed by atoms with Gasteiger partial charge in [0, 0.05) is 5.70 Å². The van der Waals surface area contributed by atoms with E-state index < -0.39 is 0 Å². The van der Waals surface area contributed by atoms with Gasteiger partial charge in [-0.1, -0.05) is 26.8 Å². The van der Waals surface area contributed by atoms with Crippen LogP contribution in [0, 0.1) is 18.3 Å². The van der Waals surface area contributed by atoms with Crippen molar-refractivity contribution < 1.29 is 0 Å². The molecule has 0 aromatic carbocycles. The van der Waals surface area contributed by atoms with Gasteiger partial charge in [-0.25, -0.2) is 0 Å². The normalized spacial score (nSPS) is 21.7. The lowest BCUT2D eigenvalue weighted by Gasteiger charge is -2.32. The van der Waals surface area contributed by atoms with E-state index in [1.54, 1.807) is 6.92 Å². The van der Waals surface area contributed by atoms with Crippen molar-refractivity contribution in [3.8, 4) is 0 Å². The fraction of sp³-hybridized carbons (Fsp3) is 0.615. The predicted octanol–water partition coefficient (Wildman–Crippen LogP) is 1.73. The summed E-state index contributed by atoms with van der Waals surface area (Å²) in [4.78, 5) is 14.0. The van der Waals surface area contributed by atoms with Crippen LogP contribution in [0.15, 0.2) is 16.6 Å². The van der Waals surface area contributed by atoms with Crippen molar-refractivity contribution in [2.24, 2.45) is 11.3 Å². The standard InChI is InChI=1S/C13H21N5O/c1-8-5-10(7-13(3,4)6-8)16-18-12-14-11(19)9(2)15-17-12/h7-8,16H,5-6H2,1-4H3,(H2,14,17,18,19)/t8-/m1/s1. The first-order valence-corrected chi connectivity index (χ1v) is 6.53. The number of hydrogen-bond acceptors (Lipinski definition) is 5. The number of aromatic nitrogens is 3. The molecule has 1 heterocycles.